The van der Waals surface area contributed by atoms with Gasteiger partial charge >= 0.3 is 0 Å². The van der Waals surface area contributed by atoms with E-state index in [0.717, 1.165) is 30.3 Å². The number of hydrogen-bond donors (Lipinski definition) is 1. The molecule has 1 aliphatic rings. The van der Waals surface area contributed by atoms with Crippen LogP contribution in [0.3, 0.4) is 0 Å². The number of rotatable bonds is 3. The zero-order valence-electron chi connectivity index (χ0n) is 13.1. The molecule has 3 nitrogen and oxygen atoms in total. The second-order valence-electron chi connectivity index (χ2n) is 6.11. The van der Waals surface area contributed by atoms with Crippen LogP contribution in [0.5, 0.6) is 0 Å². The average molecular weight is 360 g/mol. The number of imidazole rings is 1. The van der Waals surface area contributed by atoms with Gasteiger partial charge in [-0.1, -0.05) is 0 Å². The maximum absolute atomic E-state index is 13.9. The molecular formula is C16H20ClF2N3S. The van der Waals surface area contributed by atoms with Gasteiger partial charge in [-0.2, -0.15) is 0 Å². The number of hydrogen-bond acceptors (Lipinski definition) is 2. The molecule has 0 aliphatic heterocycles. The Morgan fingerprint density at radius 2 is 2.09 bits per heavy atom. The third kappa shape index (κ3) is 3.65. The molecule has 0 amide bonds. The van der Waals surface area contributed by atoms with Crippen LogP contribution >= 0.6 is 24.6 Å². The lowest BCUT2D eigenvalue weighted by Crippen LogP contribution is -2.23. The zero-order chi connectivity index (χ0) is 15.9. The highest BCUT2D eigenvalue weighted by atomic mass is 35.5. The monoisotopic (exact) mass is 359 g/mol. The summed E-state index contributed by atoms with van der Waals surface area (Å²) in [6.45, 7) is 0.772. The molecule has 0 saturated heterocycles. The minimum Gasteiger partial charge on any atom is -0.337 e. The topological polar surface area (TPSA) is 24.0 Å². The SMILES string of the molecule is CN(C)Cc1c[nH]c(=S)n1[C@H]1CCc2c(F)cc(F)cc2C1.Cl. The van der Waals surface area contributed by atoms with Crippen molar-refractivity contribution in [1.29, 1.82) is 0 Å². The summed E-state index contributed by atoms with van der Waals surface area (Å²) in [6.07, 6.45) is 3.95. The molecule has 1 aromatic carbocycles. The molecule has 0 unspecified atom stereocenters. The van der Waals surface area contributed by atoms with Gasteiger partial charge in [0.05, 0.1) is 5.69 Å². The van der Waals surface area contributed by atoms with Gasteiger partial charge in [-0.3, -0.25) is 0 Å². The number of nitrogens with zero attached hydrogens (tertiary/aromatic N) is 2. The van der Waals surface area contributed by atoms with Gasteiger partial charge in [0.15, 0.2) is 4.77 Å². The summed E-state index contributed by atoms with van der Waals surface area (Å²) in [5.74, 6) is -0.942. The first kappa shape index (κ1) is 18.1. The lowest BCUT2D eigenvalue weighted by atomic mass is 9.87. The van der Waals surface area contributed by atoms with Gasteiger partial charge < -0.3 is 14.5 Å². The Morgan fingerprint density at radius 1 is 1.35 bits per heavy atom. The molecule has 1 aromatic heterocycles. The third-order valence-electron chi connectivity index (χ3n) is 4.17. The van der Waals surface area contributed by atoms with Crippen molar-refractivity contribution in [3.05, 3.63) is 51.6 Å². The molecule has 126 valence electrons. The van der Waals surface area contributed by atoms with Crippen LogP contribution in [0.1, 0.15) is 29.3 Å². The molecule has 3 rings (SSSR count). The first-order valence-corrected chi connectivity index (χ1v) is 7.77. The molecule has 0 spiro atoms. The number of benzene rings is 1. The largest absolute Gasteiger partial charge is 0.337 e. The summed E-state index contributed by atoms with van der Waals surface area (Å²) in [5.41, 5.74) is 2.50. The second kappa shape index (κ2) is 7.11. The van der Waals surface area contributed by atoms with Gasteiger partial charge in [0.2, 0.25) is 0 Å². The Labute approximate surface area is 145 Å². The van der Waals surface area contributed by atoms with E-state index in [2.05, 4.69) is 14.5 Å². The van der Waals surface area contributed by atoms with Gasteiger partial charge in [-0.25, -0.2) is 8.78 Å². The minimum absolute atomic E-state index is 0. The summed E-state index contributed by atoms with van der Waals surface area (Å²) in [6, 6.07) is 2.56. The molecular weight excluding hydrogens is 340 g/mol. The molecule has 7 heteroatoms. The van der Waals surface area contributed by atoms with E-state index in [4.69, 9.17) is 12.2 Å². The second-order valence-corrected chi connectivity index (χ2v) is 6.50. The molecule has 0 fully saturated rings. The summed E-state index contributed by atoms with van der Waals surface area (Å²) < 4.78 is 30.1. The summed E-state index contributed by atoms with van der Waals surface area (Å²) in [4.78, 5) is 5.16. The Balaban J connectivity index is 0.00000192. The minimum atomic E-state index is -0.511. The summed E-state index contributed by atoms with van der Waals surface area (Å²) >= 11 is 5.40. The smallest absolute Gasteiger partial charge is 0.177 e. The van der Waals surface area contributed by atoms with E-state index in [1.54, 1.807) is 0 Å². The molecule has 23 heavy (non-hydrogen) atoms. The van der Waals surface area contributed by atoms with E-state index in [0.29, 0.717) is 23.2 Å². The lowest BCUT2D eigenvalue weighted by Gasteiger charge is -2.28. The first-order valence-electron chi connectivity index (χ1n) is 7.36. The first-order chi connectivity index (χ1) is 10.5. The normalized spacial score (nSPS) is 17.0. The highest BCUT2D eigenvalue weighted by Crippen LogP contribution is 2.32. The standard InChI is InChI=1S/C16H19F2N3S.ClH/c1-20(2)9-13-8-19-16(22)21(13)12-3-4-14-10(6-12)5-11(17)7-15(14)18;/h5,7-8,12H,3-4,6,9H2,1-2H3,(H,19,22);1H/t12-;/m0./s1. The molecule has 0 bridgehead atoms. The predicted molar refractivity (Wildman–Crippen MR) is 91.7 cm³/mol. The van der Waals surface area contributed by atoms with Gasteiger partial charge in [0.25, 0.3) is 0 Å². The van der Waals surface area contributed by atoms with E-state index >= 15 is 0 Å². The fourth-order valence-electron chi connectivity index (χ4n) is 3.27. The number of aromatic nitrogens is 2. The Morgan fingerprint density at radius 3 is 2.78 bits per heavy atom. The van der Waals surface area contributed by atoms with Crippen LogP contribution in [-0.2, 0) is 19.4 Å². The van der Waals surface area contributed by atoms with Crippen molar-refractivity contribution in [3.63, 3.8) is 0 Å². The van der Waals surface area contributed by atoms with Crippen LogP contribution in [0.25, 0.3) is 0 Å². The average Bonchev–Trinajstić information content (AvgIpc) is 2.78. The van der Waals surface area contributed by atoms with Crippen LogP contribution < -0.4 is 0 Å². The Bertz CT molecular complexity index is 754. The highest BCUT2D eigenvalue weighted by Gasteiger charge is 2.25. The summed E-state index contributed by atoms with van der Waals surface area (Å²) in [7, 11) is 4.00. The molecule has 1 N–H and O–H groups in total. The van der Waals surface area contributed by atoms with Crippen LogP contribution in [0.2, 0.25) is 0 Å². The maximum Gasteiger partial charge on any atom is 0.177 e. The third-order valence-corrected chi connectivity index (χ3v) is 4.48. The molecule has 2 aromatic rings. The van der Waals surface area contributed by atoms with Crippen LogP contribution in [-0.4, -0.2) is 28.5 Å². The quantitative estimate of drug-likeness (QED) is 0.836. The fourth-order valence-corrected chi connectivity index (χ4v) is 3.59. The van der Waals surface area contributed by atoms with Crippen molar-refractivity contribution in [2.24, 2.45) is 0 Å². The van der Waals surface area contributed by atoms with Crippen molar-refractivity contribution in [2.75, 3.05) is 14.1 Å². The van der Waals surface area contributed by atoms with Gasteiger partial charge in [0, 0.05) is 24.8 Å². The molecule has 0 radical (unpaired) electrons. The van der Waals surface area contributed by atoms with Crippen molar-refractivity contribution in [1.82, 2.24) is 14.5 Å². The zero-order valence-corrected chi connectivity index (χ0v) is 14.7. The number of nitrogens with one attached hydrogen (secondary N) is 1. The van der Waals surface area contributed by atoms with Crippen LogP contribution in [0.4, 0.5) is 8.78 Å². The highest BCUT2D eigenvalue weighted by molar-refractivity contribution is 7.71. The number of fused-ring (bicyclic) bond motifs is 1. The molecule has 1 aliphatic carbocycles. The van der Waals surface area contributed by atoms with E-state index < -0.39 is 11.6 Å². The molecule has 1 heterocycles. The van der Waals surface area contributed by atoms with Gasteiger partial charge in [-0.05, 0) is 62.8 Å². The van der Waals surface area contributed by atoms with E-state index in [9.17, 15) is 8.78 Å². The van der Waals surface area contributed by atoms with Crippen LogP contribution in [0, 0.1) is 16.4 Å². The van der Waals surface area contributed by atoms with E-state index in [1.807, 2.05) is 20.3 Å². The lowest BCUT2D eigenvalue weighted by molar-refractivity contribution is 0.359. The number of H-pyrrole nitrogens is 1. The van der Waals surface area contributed by atoms with Gasteiger partial charge in [0.1, 0.15) is 11.6 Å². The number of aromatic amines is 1. The fraction of sp³-hybridized carbons (Fsp3) is 0.438. The molecule has 0 saturated carbocycles. The van der Waals surface area contributed by atoms with Crippen LogP contribution in [0.15, 0.2) is 18.3 Å². The Hall–Kier alpha value is -1.24. The van der Waals surface area contributed by atoms with E-state index in [1.165, 1.54) is 6.07 Å². The summed E-state index contributed by atoms with van der Waals surface area (Å²) in [5, 5.41) is 0. The predicted octanol–water partition coefficient (Wildman–Crippen LogP) is 4.04. The van der Waals surface area contributed by atoms with Gasteiger partial charge in [-0.15, -0.1) is 12.4 Å². The van der Waals surface area contributed by atoms with Crippen molar-refractivity contribution >= 4 is 24.6 Å². The Kier molecular flexibility index (Phi) is 5.60. The van der Waals surface area contributed by atoms with E-state index in [-0.39, 0.29) is 18.4 Å². The van der Waals surface area contributed by atoms with Crippen molar-refractivity contribution in [3.8, 4) is 0 Å². The number of halogens is 3. The maximum atomic E-state index is 13.9. The van der Waals surface area contributed by atoms with Crippen molar-refractivity contribution in [2.45, 2.75) is 31.8 Å². The molecule has 1 atom stereocenters. The van der Waals surface area contributed by atoms with Crippen molar-refractivity contribution < 1.29 is 8.78 Å².